The molecule has 1 N–H and O–H groups in total. The normalized spacial score (nSPS) is 17.9. The van der Waals surface area contributed by atoms with Crippen molar-refractivity contribution < 1.29 is 33.7 Å². The average molecular weight is 286 g/mol. The van der Waals surface area contributed by atoms with Crippen LogP contribution < -0.4 is 0 Å². The van der Waals surface area contributed by atoms with Gasteiger partial charge in [-0.1, -0.05) is 6.58 Å². The quantitative estimate of drug-likeness (QED) is 0.374. The number of epoxide rings is 1. The van der Waals surface area contributed by atoms with Crippen LogP contribution in [0, 0.1) is 5.92 Å². The zero-order valence-electron chi connectivity index (χ0n) is 11.3. The number of carbonyl (C=O) groups excluding carboxylic acids is 2. The van der Waals surface area contributed by atoms with Crippen molar-refractivity contribution in [1.82, 2.24) is 0 Å². The first-order valence-corrected chi connectivity index (χ1v) is 6.22. The van der Waals surface area contributed by atoms with Crippen molar-refractivity contribution in [3.8, 4) is 0 Å². The van der Waals surface area contributed by atoms with Crippen LogP contribution in [0.15, 0.2) is 12.2 Å². The Morgan fingerprint density at radius 1 is 1.40 bits per heavy atom. The van der Waals surface area contributed by atoms with Gasteiger partial charge in [0.05, 0.1) is 25.6 Å². The fourth-order valence-corrected chi connectivity index (χ4v) is 1.39. The molecule has 0 spiro atoms. The number of hydrogen-bond donors (Lipinski definition) is 1. The van der Waals surface area contributed by atoms with Crippen LogP contribution in [0.1, 0.15) is 19.8 Å². The molecule has 1 heterocycles. The molecule has 7 heteroatoms. The molecule has 0 aromatic carbocycles. The lowest BCUT2D eigenvalue weighted by atomic mass is 10.0. The maximum Gasteiger partial charge on any atom is 0.333 e. The zero-order valence-corrected chi connectivity index (χ0v) is 11.3. The van der Waals surface area contributed by atoms with Crippen molar-refractivity contribution in [3.63, 3.8) is 0 Å². The van der Waals surface area contributed by atoms with Gasteiger partial charge in [-0.25, -0.2) is 4.79 Å². The van der Waals surface area contributed by atoms with Gasteiger partial charge in [-0.3, -0.25) is 9.59 Å². The molecule has 0 amide bonds. The van der Waals surface area contributed by atoms with Crippen molar-refractivity contribution in [2.45, 2.75) is 25.9 Å². The highest BCUT2D eigenvalue weighted by atomic mass is 16.6. The number of carboxylic acid groups (broad SMARTS) is 1. The van der Waals surface area contributed by atoms with Crippen molar-refractivity contribution >= 4 is 17.9 Å². The van der Waals surface area contributed by atoms with Gasteiger partial charge in [0.15, 0.2) is 0 Å². The Balaban J connectivity index is 2.37. The summed E-state index contributed by atoms with van der Waals surface area (Å²) in [6.45, 7) is 5.54. The number of carboxylic acids is 1. The summed E-state index contributed by atoms with van der Waals surface area (Å²) >= 11 is 0. The summed E-state index contributed by atoms with van der Waals surface area (Å²) in [5.41, 5.74) is 0.244. The van der Waals surface area contributed by atoms with E-state index in [1.165, 1.54) is 6.92 Å². The fourth-order valence-electron chi connectivity index (χ4n) is 1.39. The number of aliphatic carboxylic acids is 1. The monoisotopic (exact) mass is 286 g/mol. The van der Waals surface area contributed by atoms with E-state index in [0.717, 1.165) is 0 Å². The molecule has 2 unspecified atom stereocenters. The Bertz CT molecular complexity index is 398. The van der Waals surface area contributed by atoms with E-state index in [1.54, 1.807) is 0 Å². The Labute approximate surface area is 116 Å². The van der Waals surface area contributed by atoms with Crippen molar-refractivity contribution in [2.24, 2.45) is 5.92 Å². The molecule has 0 aromatic rings. The minimum absolute atomic E-state index is 0.0569. The van der Waals surface area contributed by atoms with Crippen LogP contribution in [0.25, 0.3) is 0 Å². The Morgan fingerprint density at radius 3 is 2.55 bits per heavy atom. The van der Waals surface area contributed by atoms with Gasteiger partial charge in [-0.2, -0.15) is 0 Å². The molecule has 0 radical (unpaired) electrons. The highest BCUT2D eigenvalue weighted by molar-refractivity contribution is 5.87. The van der Waals surface area contributed by atoms with Gasteiger partial charge in [0.1, 0.15) is 12.7 Å². The molecule has 1 aliphatic heterocycles. The van der Waals surface area contributed by atoms with Gasteiger partial charge >= 0.3 is 17.9 Å². The molecule has 1 aliphatic rings. The standard InChI is InChI=1S/C13H18O7/c1-8(2)12(16)18-4-3-9(5-11(14)15)13(17)20-7-10-6-19-10/h9-10H,1,3-7H2,2H3,(H,14,15). The number of hydrogen-bond acceptors (Lipinski definition) is 6. The maximum absolute atomic E-state index is 11.7. The third kappa shape index (κ3) is 6.33. The summed E-state index contributed by atoms with van der Waals surface area (Å²) in [6.07, 6.45) is -0.351. The van der Waals surface area contributed by atoms with E-state index >= 15 is 0 Å². The third-order valence-electron chi connectivity index (χ3n) is 2.62. The number of rotatable bonds is 9. The molecule has 0 bridgehead atoms. The Kier molecular flexibility index (Phi) is 6.17. The second-order valence-corrected chi connectivity index (χ2v) is 4.59. The molecule has 20 heavy (non-hydrogen) atoms. The first-order chi connectivity index (χ1) is 9.40. The van der Waals surface area contributed by atoms with Crippen LogP contribution in [0.3, 0.4) is 0 Å². The third-order valence-corrected chi connectivity index (χ3v) is 2.62. The molecule has 2 atom stereocenters. The minimum Gasteiger partial charge on any atom is -0.481 e. The zero-order chi connectivity index (χ0) is 15.1. The van der Waals surface area contributed by atoms with E-state index in [-0.39, 0.29) is 37.7 Å². The molecule has 0 aromatic heterocycles. The molecule has 112 valence electrons. The smallest absolute Gasteiger partial charge is 0.333 e. The maximum atomic E-state index is 11.7. The largest absolute Gasteiger partial charge is 0.481 e. The summed E-state index contributed by atoms with van der Waals surface area (Å²) < 4.78 is 14.7. The highest BCUT2D eigenvalue weighted by Gasteiger charge is 2.28. The summed E-state index contributed by atoms with van der Waals surface area (Å²) in [7, 11) is 0. The number of carbonyl (C=O) groups is 3. The molecule has 1 saturated heterocycles. The van der Waals surface area contributed by atoms with Gasteiger partial charge in [-0.15, -0.1) is 0 Å². The minimum atomic E-state index is -1.11. The topological polar surface area (TPSA) is 102 Å². The summed E-state index contributed by atoms with van der Waals surface area (Å²) in [5.74, 6) is -3.14. The molecule has 0 saturated carbocycles. The van der Waals surface area contributed by atoms with Crippen LogP contribution >= 0.6 is 0 Å². The predicted molar refractivity (Wildman–Crippen MR) is 66.8 cm³/mol. The van der Waals surface area contributed by atoms with Gasteiger partial charge < -0.3 is 19.3 Å². The molecule has 1 fully saturated rings. The summed E-state index contributed by atoms with van der Waals surface area (Å²) in [4.78, 5) is 33.6. The lowest BCUT2D eigenvalue weighted by molar-refractivity contribution is -0.155. The van der Waals surface area contributed by atoms with Gasteiger partial charge in [0, 0.05) is 5.57 Å². The summed E-state index contributed by atoms with van der Waals surface area (Å²) in [6, 6.07) is 0. The van der Waals surface area contributed by atoms with Crippen LogP contribution in [0.2, 0.25) is 0 Å². The van der Waals surface area contributed by atoms with E-state index in [4.69, 9.17) is 19.3 Å². The highest BCUT2D eigenvalue weighted by Crippen LogP contribution is 2.15. The number of esters is 2. The predicted octanol–water partition coefficient (Wildman–Crippen LogP) is 0.529. The van der Waals surface area contributed by atoms with Crippen LogP contribution in [0.4, 0.5) is 0 Å². The SMILES string of the molecule is C=C(C)C(=O)OCCC(CC(=O)O)C(=O)OCC1CO1. The van der Waals surface area contributed by atoms with Crippen LogP contribution in [0.5, 0.6) is 0 Å². The van der Waals surface area contributed by atoms with Gasteiger partial charge in [0.25, 0.3) is 0 Å². The lowest BCUT2D eigenvalue weighted by Gasteiger charge is -2.14. The fraction of sp³-hybridized carbons (Fsp3) is 0.615. The van der Waals surface area contributed by atoms with E-state index in [0.29, 0.717) is 6.61 Å². The second kappa shape index (κ2) is 7.64. The van der Waals surface area contributed by atoms with E-state index in [1.807, 2.05) is 0 Å². The Hall–Kier alpha value is -1.89. The molecule has 0 aliphatic carbocycles. The van der Waals surface area contributed by atoms with Crippen molar-refractivity contribution in [2.75, 3.05) is 19.8 Å². The van der Waals surface area contributed by atoms with Gasteiger partial charge in [0.2, 0.25) is 0 Å². The average Bonchev–Trinajstić information content (AvgIpc) is 3.17. The number of ether oxygens (including phenoxy) is 3. The van der Waals surface area contributed by atoms with Crippen molar-refractivity contribution in [3.05, 3.63) is 12.2 Å². The Morgan fingerprint density at radius 2 is 2.05 bits per heavy atom. The van der Waals surface area contributed by atoms with Crippen LogP contribution in [-0.2, 0) is 28.6 Å². The van der Waals surface area contributed by atoms with Gasteiger partial charge in [-0.05, 0) is 13.3 Å². The second-order valence-electron chi connectivity index (χ2n) is 4.59. The molecular weight excluding hydrogens is 268 g/mol. The first kappa shape index (κ1) is 16.2. The van der Waals surface area contributed by atoms with E-state index in [9.17, 15) is 14.4 Å². The van der Waals surface area contributed by atoms with E-state index < -0.39 is 23.8 Å². The van der Waals surface area contributed by atoms with E-state index in [2.05, 4.69) is 6.58 Å². The van der Waals surface area contributed by atoms with Crippen LogP contribution in [-0.4, -0.2) is 48.9 Å². The first-order valence-electron chi connectivity index (χ1n) is 6.22. The summed E-state index contributed by atoms with van der Waals surface area (Å²) in [5, 5.41) is 8.76. The lowest BCUT2D eigenvalue weighted by Crippen LogP contribution is -2.24. The van der Waals surface area contributed by atoms with Crippen molar-refractivity contribution in [1.29, 1.82) is 0 Å². The molecule has 7 nitrogen and oxygen atoms in total. The molecular formula is C13H18O7. The molecule has 1 rings (SSSR count).